The summed E-state index contributed by atoms with van der Waals surface area (Å²) in [6.45, 7) is 6.64. The van der Waals surface area contributed by atoms with E-state index in [0.717, 1.165) is 17.9 Å². The van der Waals surface area contributed by atoms with E-state index in [9.17, 15) is 0 Å². The van der Waals surface area contributed by atoms with E-state index < -0.39 is 0 Å². The Morgan fingerprint density at radius 3 is 2.39 bits per heavy atom. The molecule has 5 heteroatoms. The van der Waals surface area contributed by atoms with Gasteiger partial charge in [-0.1, -0.05) is 0 Å². The van der Waals surface area contributed by atoms with Crippen LogP contribution >= 0.6 is 0 Å². The van der Waals surface area contributed by atoms with Crippen molar-refractivity contribution in [1.29, 1.82) is 0 Å². The van der Waals surface area contributed by atoms with E-state index >= 15 is 0 Å². The Balaban J connectivity index is 2.32. The zero-order valence-corrected chi connectivity index (χ0v) is 11.3. The number of nitrogens with two attached hydrogens (primary N) is 1. The van der Waals surface area contributed by atoms with E-state index in [1.165, 1.54) is 0 Å². The standard InChI is InChI=1S/C13H20N3O2/c1-13(2,14)7-16-8-15-9-5-11(17-3)12(18-4)6-10(9)16/h5-6,8,15H,7,14H2,1-4H3. The molecule has 1 heterocycles. The SMILES string of the molecule is COc1cc2c(cc1OC)N(CC(C)(C)N)[CH]N2. The van der Waals surface area contributed by atoms with E-state index in [1.54, 1.807) is 14.2 Å². The molecular formula is C13H20N3O2. The first-order chi connectivity index (χ1) is 8.44. The highest BCUT2D eigenvalue weighted by atomic mass is 16.5. The molecule has 0 saturated heterocycles. The van der Waals surface area contributed by atoms with Crippen molar-refractivity contribution in [2.75, 3.05) is 31.0 Å². The third kappa shape index (κ3) is 2.46. The van der Waals surface area contributed by atoms with Crippen LogP contribution in [0.15, 0.2) is 12.1 Å². The predicted octanol–water partition coefficient (Wildman–Crippen LogP) is 1.79. The highest BCUT2D eigenvalue weighted by molar-refractivity contribution is 5.81. The molecule has 0 fully saturated rings. The summed E-state index contributed by atoms with van der Waals surface area (Å²) in [5.74, 6) is 1.43. The Bertz CT molecular complexity index is 441. The summed E-state index contributed by atoms with van der Waals surface area (Å²) in [6, 6.07) is 3.88. The van der Waals surface area contributed by atoms with Gasteiger partial charge in [0.25, 0.3) is 0 Å². The fourth-order valence-corrected chi connectivity index (χ4v) is 2.01. The minimum absolute atomic E-state index is 0.271. The monoisotopic (exact) mass is 250 g/mol. The van der Waals surface area contributed by atoms with Crippen LogP contribution in [0.1, 0.15) is 13.8 Å². The van der Waals surface area contributed by atoms with Crippen molar-refractivity contribution in [3.63, 3.8) is 0 Å². The van der Waals surface area contributed by atoms with Crippen LogP contribution in [0.5, 0.6) is 11.5 Å². The maximum Gasteiger partial charge on any atom is 0.162 e. The Hall–Kier alpha value is -1.62. The first kappa shape index (κ1) is 12.8. The average molecular weight is 250 g/mol. The van der Waals surface area contributed by atoms with Crippen LogP contribution < -0.4 is 25.4 Å². The molecule has 3 N–H and O–H groups in total. The molecule has 18 heavy (non-hydrogen) atoms. The van der Waals surface area contributed by atoms with Crippen LogP contribution in [0.3, 0.4) is 0 Å². The maximum absolute atomic E-state index is 6.05. The van der Waals surface area contributed by atoms with Crippen molar-refractivity contribution in [2.45, 2.75) is 19.4 Å². The van der Waals surface area contributed by atoms with Crippen molar-refractivity contribution in [2.24, 2.45) is 5.73 Å². The van der Waals surface area contributed by atoms with E-state index in [2.05, 4.69) is 10.2 Å². The van der Waals surface area contributed by atoms with Gasteiger partial charge in [0.05, 0.1) is 25.6 Å². The normalized spacial score (nSPS) is 14.2. The molecule has 5 nitrogen and oxygen atoms in total. The Kier molecular flexibility index (Phi) is 3.26. The lowest BCUT2D eigenvalue weighted by atomic mass is 10.1. The summed E-state index contributed by atoms with van der Waals surface area (Å²) < 4.78 is 10.6. The van der Waals surface area contributed by atoms with Gasteiger partial charge in [0.2, 0.25) is 0 Å². The number of nitrogens with zero attached hydrogens (tertiary/aromatic N) is 1. The van der Waals surface area contributed by atoms with Gasteiger partial charge in [0, 0.05) is 24.2 Å². The predicted molar refractivity (Wildman–Crippen MR) is 73.1 cm³/mol. The number of rotatable bonds is 4. The maximum atomic E-state index is 6.05. The second-order valence-corrected chi connectivity index (χ2v) is 5.11. The number of fused-ring (bicyclic) bond motifs is 1. The first-order valence-electron chi connectivity index (χ1n) is 5.86. The quantitative estimate of drug-likeness (QED) is 0.853. The molecular weight excluding hydrogens is 230 g/mol. The van der Waals surface area contributed by atoms with Gasteiger partial charge in [-0.2, -0.15) is 0 Å². The van der Waals surface area contributed by atoms with Crippen molar-refractivity contribution in [3.8, 4) is 11.5 Å². The molecule has 1 aromatic rings. The lowest BCUT2D eigenvalue weighted by Crippen LogP contribution is -2.44. The van der Waals surface area contributed by atoms with Gasteiger partial charge < -0.3 is 25.4 Å². The third-order valence-electron chi connectivity index (χ3n) is 2.77. The fourth-order valence-electron chi connectivity index (χ4n) is 2.01. The van der Waals surface area contributed by atoms with Gasteiger partial charge in [-0.05, 0) is 13.8 Å². The molecule has 0 saturated carbocycles. The van der Waals surface area contributed by atoms with Crippen LogP contribution in [0.25, 0.3) is 0 Å². The topological polar surface area (TPSA) is 59.8 Å². The first-order valence-corrected chi connectivity index (χ1v) is 5.86. The molecule has 99 valence electrons. The van der Waals surface area contributed by atoms with Crippen LogP contribution in [0.2, 0.25) is 0 Å². The highest BCUT2D eigenvalue weighted by Crippen LogP contribution is 2.42. The van der Waals surface area contributed by atoms with Crippen molar-refractivity contribution in [3.05, 3.63) is 18.8 Å². The molecule has 1 aromatic carbocycles. The number of anilines is 2. The summed E-state index contributed by atoms with van der Waals surface area (Å²) >= 11 is 0. The molecule has 0 aromatic heterocycles. The van der Waals surface area contributed by atoms with Gasteiger partial charge in [-0.25, -0.2) is 0 Å². The second-order valence-electron chi connectivity index (χ2n) is 5.11. The largest absolute Gasteiger partial charge is 0.493 e. The smallest absolute Gasteiger partial charge is 0.162 e. The summed E-state index contributed by atoms with van der Waals surface area (Å²) in [7, 11) is 3.26. The van der Waals surface area contributed by atoms with Gasteiger partial charge >= 0.3 is 0 Å². The van der Waals surface area contributed by atoms with E-state index in [1.807, 2.05) is 32.6 Å². The molecule has 1 aliphatic heterocycles. The van der Waals surface area contributed by atoms with Crippen LogP contribution in [-0.4, -0.2) is 26.3 Å². The molecule has 0 amide bonds. The number of hydrogen-bond acceptors (Lipinski definition) is 5. The van der Waals surface area contributed by atoms with Crippen molar-refractivity contribution < 1.29 is 9.47 Å². The van der Waals surface area contributed by atoms with Crippen molar-refractivity contribution in [1.82, 2.24) is 0 Å². The summed E-state index contributed by atoms with van der Waals surface area (Å²) in [6.07, 6.45) is 0. The van der Waals surface area contributed by atoms with Crippen molar-refractivity contribution >= 4 is 11.4 Å². The zero-order valence-electron chi connectivity index (χ0n) is 11.3. The minimum atomic E-state index is -0.271. The summed E-state index contributed by atoms with van der Waals surface area (Å²) in [5.41, 5.74) is 7.83. The Morgan fingerprint density at radius 2 is 1.83 bits per heavy atom. The zero-order chi connectivity index (χ0) is 13.3. The van der Waals surface area contributed by atoms with Gasteiger partial charge in [0.15, 0.2) is 11.5 Å². The lowest BCUT2D eigenvalue weighted by Gasteiger charge is -2.27. The Labute approximate surface area is 108 Å². The number of nitrogens with one attached hydrogen (secondary N) is 1. The summed E-state index contributed by atoms with van der Waals surface area (Å²) in [5, 5.41) is 3.21. The van der Waals surface area contributed by atoms with Gasteiger partial charge in [0.1, 0.15) is 6.67 Å². The molecule has 0 bridgehead atoms. The van der Waals surface area contributed by atoms with E-state index in [4.69, 9.17) is 15.2 Å². The molecule has 0 atom stereocenters. The molecule has 2 rings (SSSR count). The van der Waals surface area contributed by atoms with E-state index in [-0.39, 0.29) is 5.54 Å². The Morgan fingerprint density at radius 1 is 1.22 bits per heavy atom. The van der Waals surface area contributed by atoms with Gasteiger partial charge in [-0.15, -0.1) is 0 Å². The molecule has 0 aliphatic carbocycles. The molecule has 1 aliphatic rings. The highest BCUT2D eigenvalue weighted by Gasteiger charge is 2.26. The van der Waals surface area contributed by atoms with Crippen LogP contribution in [0, 0.1) is 6.67 Å². The van der Waals surface area contributed by atoms with Gasteiger partial charge in [-0.3, -0.25) is 0 Å². The molecule has 0 spiro atoms. The average Bonchev–Trinajstić information content (AvgIpc) is 2.67. The number of hydrogen-bond donors (Lipinski definition) is 2. The number of benzene rings is 1. The molecule has 0 unspecified atom stereocenters. The second kappa shape index (κ2) is 4.57. The van der Waals surface area contributed by atoms with Crippen LogP contribution in [0.4, 0.5) is 11.4 Å². The minimum Gasteiger partial charge on any atom is -0.493 e. The number of ether oxygens (including phenoxy) is 2. The lowest BCUT2D eigenvalue weighted by molar-refractivity contribution is 0.355. The molecule has 1 radical (unpaired) electrons. The van der Waals surface area contributed by atoms with Crippen LogP contribution in [-0.2, 0) is 0 Å². The third-order valence-corrected chi connectivity index (χ3v) is 2.77. The number of methoxy groups -OCH3 is 2. The fraction of sp³-hybridized carbons (Fsp3) is 0.462. The summed E-state index contributed by atoms with van der Waals surface area (Å²) in [4.78, 5) is 2.08. The van der Waals surface area contributed by atoms with E-state index in [0.29, 0.717) is 11.5 Å².